The number of benzene rings is 2. The van der Waals surface area contributed by atoms with Crippen molar-refractivity contribution in [2.75, 3.05) is 64.1 Å². The molecule has 0 atom stereocenters. The zero-order valence-corrected chi connectivity index (χ0v) is 26.1. The van der Waals surface area contributed by atoms with E-state index in [2.05, 4.69) is 38.5 Å². The van der Waals surface area contributed by atoms with Crippen LogP contribution in [0.15, 0.2) is 84.7 Å². The molecule has 2 aromatic carbocycles. The van der Waals surface area contributed by atoms with Gasteiger partial charge in [-0.05, 0) is 69.4 Å². The van der Waals surface area contributed by atoms with Crippen molar-refractivity contribution in [2.45, 2.75) is 20.3 Å². The fraction of sp³-hybridized carbons (Fsp3) is 0.324. The third-order valence-electron chi connectivity index (χ3n) is 7.49. The number of anilines is 3. The standard InChI is InChI=1S/C34H41N7O3/c1-6-8-25-22-27(14-15-35-25)44-30-13-10-26(21-24(30)2)38-34-32-28(36-23-37-34)11-12-29(33(32)43-5)40-17-19-41(20-18-40)31(42)9-7-16-39(3)4/h7-15,21-23,35H,6,16-20H2,1-5H3,(H,36,37,38)/b9-7+,25-8+. The summed E-state index contributed by atoms with van der Waals surface area (Å²) in [6.45, 7) is 7.53. The Morgan fingerprint density at radius 3 is 2.68 bits per heavy atom. The molecule has 10 heteroatoms. The van der Waals surface area contributed by atoms with Crippen molar-refractivity contribution in [3.05, 3.63) is 90.3 Å². The number of aromatic nitrogens is 2. The number of hydrogen-bond acceptors (Lipinski definition) is 9. The van der Waals surface area contributed by atoms with Gasteiger partial charge < -0.3 is 34.8 Å². The summed E-state index contributed by atoms with van der Waals surface area (Å²) in [7, 11) is 5.64. The number of aryl methyl sites for hydroxylation is 1. The van der Waals surface area contributed by atoms with Gasteiger partial charge in [0.05, 0.1) is 23.7 Å². The van der Waals surface area contributed by atoms with Crippen LogP contribution in [0.25, 0.3) is 10.9 Å². The van der Waals surface area contributed by atoms with Gasteiger partial charge in [-0.25, -0.2) is 9.97 Å². The highest BCUT2D eigenvalue weighted by Gasteiger charge is 2.24. The number of nitrogens with one attached hydrogen (secondary N) is 2. The summed E-state index contributed by atoms with van der Waals surface area (Å²) in [6, 6.07) is 10.0. The second-order valence-electron chi connectivity index (χ2n) is 11.0. The summed E-state index contributed by atoms with van der Waals surface area (Å²) in [5.74, 6) is 2.96. The Hall–Kier alpha value is -4.83. The minimum absolute atomic E-state index is 0.0468. The molecule has 230 valence electrons. The van der Waals surface area contributed by atoms with E-state index in [4.69, 9.17) is 9.47 Å². The average Bonchev–Trinajstić information content (AvgIpc) is 3.02. The molecule has 0 radical (unpaired) electrons. The van der Waals surface area contributed by atoms with E-state index in [0.29, 0.717) is 37.7 Å². The molecule has 10 nitrogen and oxygen atoms in total. The molecular formula is C34H41N7O3. The first-order chi connectivity index (χ1) is 21.4. The summed E-state index contributed by atoms with van der Waals surface area (Å²) in [5.41, 5.74) is 4.61. The van der Waals surface area contributed by atoms with E-state index in [0.717, 1.165) is 58.0 Å². The molecule has 0 bridgehead atoms. The van der Waals surface area contributed by atoms with E-state index in [9.17, 15) is 4.79 Å². The maximum Gasteiger partial charge on any atom is 0.246 e. The molecule has 2 N–H and O–H groups in total. The van der Waals surface area contributed by atoms with Crippen LogP contribution in [0.4, 0.5) is 17.2 Å². The molecule has 2 aliphatic heterocycles. The maximum absolute atomic E-state index is 12.7. The smallest absolute Gasteiger partial charge is 0.246 e. The Morgan fingerprint density at radius 1 is 1.14 bits per heavy atom. The number of rotatable bonds is 10. The number of piperazine rings is 1. The summed E-state index contributed by atoms with van der Waals surface area (Å²) in [6.07, 6.45) is 14.0. The number of likely N-dealkylation sites (N-methyl/N-ethyl adjacent to an activating group) is 1. The lowest BCUT2D eigenvalue weighted by molar-refractivity contribution is -0.126. The van der Waals surface area contributed by atoms with Crippen LogP contribution in [-0.4, -0.2) is 79.6 Å². The molecular weight excluding hydrogens is 554 g/mol. The normalized spacial score (nSPS) is 16.0. The first-order valence-corrected chi connectivity index (χ1v) is 14.9. The number of hydrogen-bond donors (Lipinski definition) is 2. The van der Waals surface area contributed by atoms with Gasteiger partial charge in [0.15, 0.2) is 5.75 Å². The molecule has 0 unspecified atom stereocenters. The second-order valence-corrected chi connectivity index (χ2v) is 11.0. The minimum atomic E-state index is 0.0468. The van der Waals surface area contributed by atoms with Gasteiger partial charge >= 0.3 is 0 Å². The van der Waals surface area contributed by atoms with E-state index in [1.807, 2.05) is 85.6 Å². The topological polar surface area (TPSA) is 95.1 Å². The Morgan fingerprint density at radius 2 is 1.95 bits per heavy atom. The highest BCUT2D eigenvalue weighted by Crippen LogP contribution is 2.40. The van der Waals surface area contributed by atoms with Crippen LogP contribution in [-0.2, 0) is 4.79 Å². The van der Waals surface area contributed by atoms with Crippen LogP contribution in [0.1, 0.15) is 18.9 Å². The number of carbonyl (C=O) groups is 1. The lowest BCUT2D eigenvalue weighted by atomic mass is 10.1. The van der Waals surface area contributed by atoms with Crippen LogP contribution in [0.2, 0.25) is 0 Å². The van der Waals surface area contributed by atoms with E-state index in [-0.39, 0.29) is 5.91 Å². The number of methoxy groups -OCH3 is 1. The van der Waals surface area contributed by atoms with Gasteiger partial charge in [0.1, 0.15) is 23.7 Å². The molecule has 0 saturated carbocycles. The van der Waals surface area contributed by atoms with Gasteiger partial charge in [-0.2, -0.15) is 0 Å². The van der Waals surface area contributed by atoms with Gasteiger partial charge in [-0.3, -0.25) is 4.79 Å². The Labute approximate surface area is 259 Å². The molecule has 3 aromatic rings. The van der Waals surface area contributed by atoms with E-state index < -0.39 is 0 Å². The molecule has 2 aliphatic rings. The number of allylic oxidation sites excluding steroid dienone is 3. The lowest BCUT2D eigenvalue weighted by Crippen LogP contribution is -2.48. The fourth-order valence-corrected chi connectivity index (χ4v) is 5.27. The van der Waals surface area contributed by atoms with E-state index in [1.165, 1.54) is 0 Å². The van der Waals surface area contributed by atoms with Crippen molar-refractivity contribution in [3.63, 3.8) is 0 Å². The Balaban J connectivity index is 1.34. The largest absolute Gasteiger partial charge is 0.494 e. The SMILES string of the molecule is CC/C=C1\C=C(Oc2ccc(Nc3ncnc4ccc(N5CCN(C(=O)/C=C/CN(C)C)CC5)c(OC)c34)cc2C)C=CN1. The lowest BCUT2D eigenvalue weighted by Gasteiger charge is -2.36. The number of nitrogens with zero attached hydrogens (tertiary/aromatic N) is 5. The van der Waals surface area contributed by atoms with Crippen molar-refractivity contribution in [3.8, 4) is 11.5 Å². The Kier molecular flexibility index (Phi) is 9.81. The van der Waals surface area contributed by atoms with Crippen molar-refractivity contribution in [2.24, 2.45) is 0 Å². The first-order valence-electron chi connectivity index (χ1n) is 14.9. The van der Waals surface area contributed by atoms with Crippen LogP contribution in [0.5, 0.6) is 11.5 Å². The monoisotopic (exact) mass is 595 g/mol. The number of dihydropyridines is 1. The zero-order valence-electron chi connectivity index (χ0n) is 26.1. The minimum Gasteiger partial charge on any atom is -0.494 e. The van der Waals surface area contributed by atoms with Crippen LogP contribution >= 0.6 is 0 Å². The van der Waals surface area contributed by atoms with E-state index >= 15 is 0 Å². The van der Waals surface area contributed by atoms with Gasteiger partial charge in [0.2, 0.25) is 5.91 Å². The van der Waals surface area contributed by atoms with Crippen LogP contribution < -0.4 is 25.0 Å². The third kappa shape index (κ3) is 7.20. The summed E-state index contributed by atoms with van der Waals surface area (Å²) in [5, 5.41) is 7.50. The van der Waals surface area contributed by atoms with Crippen molar-refractivity contribution >= 4 is 34.0 Å². The van der Waals surface area contributed by atoms with Gasteiger partial charge in [0, 0.05) is 62.5 Å². The molecule has 44 heavy (non-hydrogen) atoms. The van der Waals surface area contributed by atoms with Crippen LogP contribution in [0, 0.1) is 6.92 Å². The molecule has 3 heterocycles. The first kappa shape index (κ1) is 30.6. The molecule has 1 saturated heterocycles. The van der Waals surface area contributed by atoms with Gasteiger partial charge in [-0.1, -0.05) is 19.1 Å². The van der Waals surface area contributed by atoms with Gasteiger partial charge in [0.25, 0.3) is 0 Å². The summed E-state index contributed by atoms with van der Waals surface area (Å²) in [4.78, 5) is 27.9. The maximum atomic E-state index is 12.7. The zero-order chi connectivity index (χ0) is 31.1. The Bertz CT molecular complexity index is 1620. The number of fused-ring (bicyclic) bond motifs is 1. The highest BCUT2D eigenvalue weighted by molar-refractivity contribution is 6.00. The molecule has 1 amide bonds. The van der Waals surface area contributed by atoms with Crippen molar-refractivity contribution < 1.29 is 14.3 Å². The van der Waals surface area contributed by atoms with Crippen molar-refractivity contribution in [1.82, 2.24) is 25.1 Å². The molecule has 0 spiro atoms. The average molecular weight is 596 g/mol. The van der Waals surface area contributed by atoms with Gasteiger partial charge in [-0.15, -0.1) is 0 Å². The number of ether oxygens (including phenoxy) is 2. The third-order valence-corrected chi connectivity index (χ3v) is 7.49. The molecule has 1 fully saturated rings. The van der Waals surface area contributed by atoms with Crippen LogP contribution in [0.3, 0.4) is 0 Å². The predicted molar refractivity (Wildman–Crippen MR) is 176 cm³/mol. The summed E-state index contributed by atoms with van der Waals surface area (Å²) >= 11 is 0. The summed E-state index contributed by atoms with van der Waals surface area (Å²) < 4.78 is 12.2. The molecule has 5 rings (SSSR count). The highest BCUT2D eigenvalue weighted by atomic mass is 16.5. The quantitative estimate of drug-likeness (QED) is 0.309. The number of carbonyl (C=O) groups excluding carboxylic acids is 1. The van der Waals surface area contributed by atoms with E-state index in [1.54, 1.807) is 19.5 Å². The fourth-order valence-electron chi connectivity index (χ4n) is 5.27. The molecule has 0 aliphatic carbocycles. The number of amides is 1. The second kappa shape index (κ2) is 14.1. The van der Waals surface area contributed by atoms with Crippen molar-refractivity contribution in [1.29, 1.82) is 0 Å². The molecule has 1 aromatic heterocycles. The predicted octanol–water partition coefficient (Wildman–Crippen LogP) is 5.13.